The van der Waals surface area contributed by atoms with Crippen LogP contribution < -0.4 is 15.6 Å². The smallest absolute Gasteiger partial charge is 0.276 e. The van der Waals surface area contributed by atoms with Crippen LogP contribution in [0, 0.1) is 13.8 Å². The summed E-state index contributed by atoms with van der Waals surface area (Å²) in [4.78, 5) is 23.7. The fourth-order valence-corrected chi connectivity index (χ4v) is 2.61. The summed E-state index contributed by atoms with van der Waals surface area (Å²) in [5.41, 5.74) is 6.86. The maximum atomic E-state index is 11.9. The number of aryl methyl sites for hydroxylation is 2. The first kappa shape index (κ1) is 18.1. The lowest BCUT2D eigenvalue weighted by atomic mass is 10.1. The van der Waals surface area contributed by atoms with Crippen LogP contribution in [0.25, 0.3) is 0 Å². The van der Waals surface area contributed by atoms with E-state index in [1.165, 1.54) is 18.2 Å². The van der Waals surface area contributed by atoms with Crippen LogP contribution in [0.15, 0.2) is 36.4 Å². The number of hydrogen-bond acceptors (Lipinski definition) is 3. The van der Waals surface area contributed by atoms with E-state index in [4.69, 9.17) is 27.9 Å². The Kier molecular flexibility index (Phi) is 6.06. The number of amides is 2. The molecule has 0 saturated heterocycles. The molecular weight excluding hydrogens is 351 g/mol. The van der Waals surface area contributed by atoms with Crippen LogP contribution in [0.4, 0.5) is 0 Å². The van der Waals surface area contributed by atoms with Gasteiger partial charge in [0.25, 0.3) is 11.8 Å². The summed E-state index contributed by atoms with van der Waals surface area (Å²) in [7, 11) is 0. The van der Waals surface area contributed by atoms with Gasteiger partial charge in [-0.25, -0.2) is 0 Å². The molecule has 0 aliphatic carbocycles. The van der Waals surface area contributed by atoms with Gasteiger partial charge in [0.05, 0.1) is 0 Å². The van der Waals surface area contributed by atoms with E-state index in [-0.39, 0.29) is 12.2 Å². The topological polar surface area (TPSA) is 67.4 Å². The summed E-state index contributed by atoms with van der Waals surface area (Å²) < 4.78 is 5.40. The van der Waals surface area contributed by atoms with Crippen LogP contribution in [-0.4, -0.2) is 18.4 Å². The van der Waals surface area contributed by atoms with Crippen LogP contribution in [-0.2, 0) is 4.79 Å². The first-order valence-corrected chi connectivity index (χ1v) is 7.85. The molecule has 7 heteroatoms. The van der Waals surface area contributed by atoms with Crippen LogP contribution in [0.2, 0.25) is 10.0 Å². The summed E-state index contributed by atoms with van der Waals surface area (Å²) in [6, 6.07) is 10.1. The molecule has 0 bridgehead atoms. The van der Waals surface area contributed by atoms with Crippen LogP contribution in [0.1, 0.15) is 21.5 Å². The molecule has 2 amide bonds. The van der Waals surface area contributed by atoms with Gasteiger partial charge in [-0.1, -0.05) is 29.3 Å². The lowest BCUT2D eigenvalue weighted by Crippen LogP contribution is -2.43. The van der Waals surface area contributed by atoms with Gasteiger partial charge < -0.3 is 4.74 Å². The Hall–Kier alpha value is -2.24. The van der Waals surface area contributed by atoms with Gasteiger partial charge in [0.1, 0.15) is 5.75 Å². The zero-order valence-electron chi connectivity index (χ0n) is 13.2. The summed E-state index contributed by atoms with van der Waals surface area (Å²) >= 11 is 11.7. The summed E-state index contributed by atoms with van der Waals surface area (Å²) in [5.74, 6) is -0.426. The summed E-state index contributed by atoms with van der Waals surface area (Å²) in [6.07, 6.45) is 0. The SMILES string of the molecule is Cc1cc(C)cc(OCC(=O)NNC(=O)c2cc(Cl)cc(Cl)c2)c1. The van der Waals surface area contributed by atoms with Crippen molar-refractivity contribution in [1.29, 1.82) is 0 Å². The molecule has 0 radical (unpaired) electrons. The Labute approximate surface area is 149 Å². The van der Waals surface area contributed by atoms with E-state index in [1.807, 2.05) is 32.0 Å². The van der Waals surface area contributed by atoms with Crippen LogP contribution >= 0.6 is 23.2 Å². The quantitative estimate of drug-likeness (QED) is 0.814. The fourth-order valence-electron chi connectivity index (χ4n) is 2.08. The molecule has 24 heavy (non-hydrogen) atoms. The Balaban J connectivity index is 1.85. The number of benzene rings is 2. The molecule has 126 valence electrons. The molecular formula is C17H16Cl2N2O3. The monoisotopic (exact) mass is 366 g/mol. The second kappa shape index (κ2) is 8.04. The second-order valence-corrected chi connectivity index (χ2v) is 6.15. The minimum absolute atomic E-state index is 0.223. The highest BCUT2D eigenvalue weighted by molar-refractivity contribution is 6.35. The van der Waals surface area contributed by atoms with Gasteiger partial charge in [0.2, 0.25) is 0 Å². The van der Waals surface area contributed by atoms with Gasteiger partial charge in [0, 0.05) is 15.6 Å². The van der Waals surface area contributed by atoms with Gasteiger partial charge in [-0.05, 0) is 55.3 Å². The predicted octanol–water partition coefficient (Wildman–Crippen LogP) is 3.45. The molecule has 0 aliphatic rings. The number of nitrogens with one attached hydrogen (secondary N) is 2. The molecule has 0 fully saturated rings. The largest absolute Gasteiger partial charge is 0.484 e. The Morgan fingerprint density at radius 3 is 2.08 bits per heavy atom. The van der Waals surface area contributed by atoms with Crippen LogP contribution in [0.5, 0.6) is 5.75 Å². The van der Waals surface area contributed by atoms with Crippen molar-refractivity contribution < 1.29 is 14.3 Å². The minimum Gasteiger partial charge on any atom is -0.484 e. The van der Waals surface area contributed by atoms with Gasteiger partial charge in [0.15, 0.2) is 6.61 Å². The first-order chi connectivity index (χ1) is 11.3. The van der Waals surface area contributed by atoms with Gasteiger partial charge >= 0.3 is 0 Å². The van der Waals surface area contributed by atoms with E-state index in [2.05, 4.69) is 10.9 Å². The van der Waals surface area contributed by atoms with Crippen molar-refractivity contribution in [2.24, 2.45) is 0 Å². The second-order valence-electron chi connectivity index (χ2n) is 5.27. The van der Waals surface area contributed by atoms with Crippen molar-refractivity contribution in [2.45, 2.75) is 13.8 Å². The van der Waals surface area contributed by atoms with Gasteiger partial charge in [-0.2, -0.15) is 0 Å². The molecule has 5 nitrogen and oxygen atoms in total. The molecule has 0 spiro atoms. The third kappa shape index (κ3) is 5.44. The maximum absolute atomic E-state index is 11.9. The van der Waals surface area contributed by atoms with Crippen molar-refractivity contribution in [1.82, 2.24) is 10.9 Å². The minimum atomic E-state index is -0.529. The van der Waals surface area contributed by atoms with Crippen molar-refractivity contribution in [3.63, 3.8) is 0 Å². The average Bonchev–Trinajstić information content (AvgIpc) is 2.48. The lowest BCUT2D eigenvalue weighted by molar-refractivity contribution is -0.123. The highest BCUT2D eigenvalue weighted by Gasteiger charge is 2.10. The number of hydrazine groups is 1. The summed E-state index contributed by atoms with van der Waals surface area (Å²) in [6.45, 7) is 3.66. The third-order valence-corrected chi connectivity index (χ3v) is 3.44. The van der Waals surface area contributed by atoms with Crippen molar-refractivity contribution in [2.75, 3.05) is 6.61 Å². The third-order valence-electron chi connectivity index (χ3n) is 3.01. The highest BCUT2D eigenvalue weighted by Crippen LogP contribution is 2.19. The van der Waals surface area contributed by atoms with Gasteiger partial charge in [-0.15, -0.1) is 0 Å². The highest BCUT2D eigenvalue weighted by atomic mass is 35.5. The van der Waals surface area contributed by atoms with E-state index < -0.39 is 11.8 Å². The molecule has 0 atom stereocenters. The zero-order chi connectivity index (χ0) is 17.7. The molecule has 0 heterocycles. The Morgan fingerprint density at radius 2 is 1.50 bits per heavy atom. The van der Waals surface area contributed by atoms with E-state index in [0.717, 1.165) is 11.1 Å². The summed E-state index contributed by atoms with van der Waals surface area (Å²) in [5, 5.41) is 0.661. The van der Waals surface area contributed by atoms with E-state index in [9.17, 15) is 9.59 Å². The number of hydrogen-bond donors (Lipinski definition) is 2. The van der Waals surface area contributed by atoms with E-state index in [0.29, 0.717) is 15.8 Å². The normalized spacial score (nSPS) is 10.2. The number of carbonyl (C=O) groups excluding carboxylic acids is 2. The maximum Gasteiger partial charge on any atom is 0.276 e. The Morgan fingerprint density at radius 1 is 0.917 bits per heavy atom. The van der Waals surface area contributed by atoms with E-state index in [1.54, 1.807) is 0 Å². The number of rotatable bonds is 4. The van der Waals surface area contributed by atoms with Gasteiger partial charge in [-0.3, -0.25) is 20.4 Å². The first-order valence-electron chi connectivity index (χ1n) is 7.10. The standard InChI is InChI=1S/C17H16Cl2N2O3/c1-10-3-11(2)5-15(4-10)24-9-16(22)20-21-17(23)12-6-13(18)8-14(19)7-12/h3-8H,9H2,1-2H3,(H,20,22)(H,21,23). The fraction of sp³-hybridized carbons (Fsp3) is 0.176. The van der Waals surface area contributed by atoms with Crippen molar-refractivity contribution >= 4 is 35.0 Å². The molecule has 0 saturated carbocycles. The van der Waals surface area contributed by atoms with Crippen molar-refractivity contribution in [3.05, 3.63) is 63.1 Å². The molecule has 2 aromatic rings. The molecule has 2 rings (SSSR count). The molecule has 2 N–H and O–H groups in total. The van der Waals surface area contributed by atoms with E-state index >= 15 is 0 Å². The molecule has 0 aromatic heterocycles. The van der Waals surface area contributed by atoms with Crippen molar-refractivity contribution in [3.8, 4) is 5.75 Å². The zero-order valence-corrected chi connectivity index (χ0v) is 14.7. The molecule has 2 aromatic carbocycles. The van der Waals surface area contributed by atoms with Crippen LogP contribution in [0.3, 0.4) is 0 Å². The molecule has 0 aliphatic heterocycles. The number of halogens is 2. The number of carbonyl (C=O) groups is 2. The molecule has 0 unspecified atom stereocenters. The average molecular weight is 367 g/mol. The Bertz CT molecular complexity index is 738. The lowest BCUT2D eigenvalue weighted by Gasteiger charge is -2.10. The number of ether oxygens (including phenoxy) is 1. The predicted molar refractivity (Wildman–Crippen MR) is 93.5 cm³/mol.